The Balaban J connectivity index is 1.61. The van der Waals surface area contributed by atoms with Crippen molar-refractivity contribution in [2.24, 2.45) is 0 Å². The van der Waals surface area contributed by atoms with E-state index in [-0.39, 0.29) is 23.3 Å². The van der Waals surface area contributed by atoms with Crippen molar-refractivity contribution in [3.8, 4) is 5.75 Å². The molecule has 10 heteroatoms. The second-order valence-electron chi connectivity index (χ2n) is 9.67. The third-order valence-corrected chi connectivity index (χ3v) is 8.22. The summed E-state index contributed by atoms with van der Waals surface area (Å²) >= 11 is 18.2. The molecule has 0 bridgehead atoms. The van der Waals surface area contributed by atoms with Gasteiger partial charge in [-0.15, -0.1) is 0 Å². The van der Waals surface area contributed by atoms with Gasteiger partial charge in [0.1, 0.15) is 18.0 Å². The summed E-state index contributed by atoms with van der Waals surface area (Å²) < 4.78 is 12.6. The number of thiocarbonyl (C=S) groups is 1. The molecule has 0 radical (unpaired) electrons. The Kier molecular flexibility index (Phi) is 8.87. The summed E-state index contributed by atoms with van der Waals surface area (Å²) in [7, 11) is 1.31. The van der Waals surface area contributed by atoms with Crippen LogP contribution in [0, 0.1) is 0 Å². The van der Waals surface area contributed by atoms with Crippen LogP contribution in [0.15, 0.2) is 72.6 Å². The summed E-state index contributed by atoms with van der Waals surface area (Å²) in [6, 6.07) is 18.8. The molecule has 42 heavy (non-hydrogen) atoms. The highest BCUT2D eigenvalue weighted by molar-refractivity contribution is 7.80. The molecule has 216 valence electrons. The van der Waals surface area contributed by atoms with Gasteiger partial charge in [-0.05, 0) is 79.2 Å². The topological polar surface area (TPSA) is 64.0 Å². The quantitative estimate of drug-likeness (QED) is 0.113. The Hall–Kier alpha value is -3.85. The highest BCUT2D eigenvalue weighted by Gasteiger charge is 2.40. The van der Waals surface area contributed by atoms with Crippen LogP contribution in [0.25, 0.3) is 17.0 Å². The molecule has 0 atom stereocenters. The van der Waals surface area contributed by atoms with Crippen molar-refractivity contribution in [2.75, 3.05) is 25.2 Å². The number of esters is 1. The van der Waals surface area contributed by atoms with Crippen molar-refractivity contribution in [3.63, 3.8) is 0 Å². The lowest BCUT2D eigenvalue weighted by Crippen LogP contribution is -2.35. The van der Waals surface area contributed by atoms with Gasteiger partial charge in [-0.2, -0.15) is 0 Å². The van der Waals surface area contributed by atoms with Gasteiger partial charge in [-0.25, -0.2) is 0 Å². The number of fused-ring (bicyclic) bond motifs is 1. The average Bonchev–Trinajstić information content (AvgIpc) is 3.45. The molecule has 0 spiro atoms. The first-order valence-electron chi connectivity index (χ1n) is 13.5. The van der Waals surface area contributed by atoms with Gasteiger partial charge in [0, 0.05) is 23.7 Å². The number of amides is 1. The Labute approximate surface area is 259 Å². The average molecular weight is 623 g/mol. The number of rotatable bonds is 9. The number of halogens is 2. The van der Waals surface area contributed by atoms with Crippen LogP contribution < -0.4 is 9.64 Å². The van der Waals surface area contributed by atoms with Crippen molar-refractivity contribution >= 4 is 75.1 Å². The summed E-state index contributed by atoms with van der Waals surface area (Å²) in [5.41, 5.74) is 4.85. The van der Waals surface area contributed by atoms with Crippen molar-refractivity contribution < 1.29 is 19.1 Å². The predicted molar refractivity (Wildman–Crippen MR) is 171 cm³/mol. The maximum absolute atomic E-state index is 13.9. The number of nitrogens with zero attached hydrogens (tertiary/aromatic N) is 3. The molecule has 1 aromatic heterocycles. The molecule has 3 aromatic carbocycles. The van der Waals surface area contributed by atoms with E-state index in [9.17, 15) is 9.59 Å². The number of anilines is 1. The number of hydrogen-bond donors (Lipinski definition) is 0. The van der Waals surface area contributed by atoms with E-state index < -0.39 is 5.97 Å². The normalized spacial score (nSPS) is 14.4. The zero-order valence-electron chi connectivity index (χ0n) is 23.4. The zero-order valence-corrected chi connectivity index (χ0v) is 25.7. The second kappa shape index (κ2) is 12.6. The summed E-state index contributed by atoms with van der Waals surface area (Å²) in [4.78, 5) is 29.3. The van der Waals surface area contributed by atoms with E-state index >= 15 is 0 Å². The Morgan fingerprint density at radius 2 is 1.79 bits per heavy atom. The number of carbonyl (C=O) groups is 2. The summed E-state index contributed by atoms with van der Waals surface area (Å²) in [5, 5.41) is 2.14. The zero-order chi connectivity index (χ0) is 30.0. The molecule has 1 amide bonds. The van der Waals surface area contributed by atoms with E-state index in [0.29, 0.717) is 34.6 Å². The van der Waals surface area contributed by atoms with Gasteiger partial charge < -0.3 is 18.9 Å². The summed E-state index contributed by atoms with van der Waals surface area (Å²) in [5.74, 6) is -0.174. The molecule has 0 unspecified atom stereocenters. The molecule has 1 aliphatic rings. The lowest BCUT2D eigenvalue weighted by Gasteiger charge is -2.19. The van der Waals surface area contributed by atoms with E-state index in [1.54, 1.807) is 36.4 Å². The minimum absolute atomic E-state index is 0.189. The predicted octanol–water partition coefficient (Wildman–Crippen LogP) is 7.11. The molecular weight excluding hydrogens is 593 g/mol. The first-order chi connectivity index (χ1) is 20.2. The Bertz CT molecular complexity index is 1710. The fourth-order valence-electron chi connectivity index (χ4n) is 5.08. The van der Waals surface area contributed by atoms with Gasteiger partial charge in [0.05, 0.1) is 35.0 Å². The molecule has 4 aromatic rings. The van der Waals surface area contributed by atoms with Gasteiger partial charge in [0.15, 0.2) is 5.11 Å². The lowest BCUT2D eigenvalue weighted by molar-refractivity contribution is -0.140. The molecule has 2 heterocycles. The number of ether oxygens (including phenoxy) is 2. The van der Waals surface area contributed by atoms with E-state index in [1.165, 1.54) is 16.9 Å². The number of aromatic nitrogens is 1. The van der Waals surface area contributed by atoms with Crippen LogP contribution in [0.1, 0.15) is 30.5 Å². The molecule has 0 saturated carbocycles. The maximum Gasteiger partial charge on any atom is 0.325 e. The smallest absolute Gasteiger partial charge is 0.325 e. The van der Waals surface area contributed by atoms with Gasteiger partial charge in [0.25, 0.3) is 5.91 Å². The molecule has 1 fully saturated rings. The second-order valence-corrected chi connectivity index (χ2v) is 10.8. The fourth-order valence-corrected chi connectivity index (χ4v) is 5.76. The van der Waals surface area contributed by atoms with Crippen LogP contribution in [0.5, 0.6) is 5.75 Å². The molecular formula is C32H29Cl2N3O4S. The van der Waals surface area contributed by atoms with Crippen LogP contribution >= 0.6 is 35.4 Å². The van der Waals surface area contributed by atoms with Gasteiger partial charge >= 0.3 is 5.97 Å². The van der Waals surface area contributed by atoms with Gasteiger partial charge in [-0.3, -0.25) is 14.5 Å². The Morgan fingerprint density at radius 1 is 1.02 bits per heavy atom. The van der Waals surface area contributed by atoms with E-state index in [4.69, 9.17) is 44.9 Å². The standard InChI is InChI=1S/C32H29Cl2N3O4S/c1-4-21-7-6-8-25-22(18-35(30(21)25)17-20-9-14-26(33)27(34)15-20)16-28-31(39)37(32(42)36(28)19-29(38)40-3)23-10-12-24(13-11-23)41-5-2/h6-16,18H,4-5,17,19H2,1-3H3/b28-16-. The van der Waals surface area contributed by atoms with Crippen LogP contribution in [0.4, 0.5) is 5.69 Å². The molecule has 5 rings (SSSR count). The maximum atomic E-state index is 13.9. The van der Waals surface area contributed by atoms with Crippen molar-refractivity contribution in [1.29, 1.82) is 0 Å². The van der Waals surface area contributed by atoms with E-state index in [2.05, 4.69) is 17.6 Å². The Morgan fingerprint density at radius 3 is 2.45 bits per heavy atom. The number of aryl methyl sites for hydroxylation is 1. The monoisotopic (exact) mass is 621 g/mol. The van der Waals surface area contributed by atoms with Gasteiger partial charge in [0.2, 0.25) is 0 Å². The van der Waals surface area contributed by atoms with Crippen LogP contribution in [0.3, 0.4) is 0 Å². The van der Waals surface area contributed by atoms with Crippen molar-refractivity contribution in [1.82, 2.24) is 9.47 Å². The molecule has 1 saturated heterocycles. The van der Waals surface area contributed by atoms with E-state index in [1.807, 2.05) is 37.4 Å². The molecule has 0 N–H and O–H groups in total. The van der Waals surface area contributed by atoms with Crippen LogP contribution in [-0.2, 0) is 27.3 Å². The van der Waals surface area contributed by atoms with E-state index in [0.717, 1.165) is 34.0 Å². The minimum atomic E-state index is -0.514. The van der Waals surface area contributed by atoms with Gasteiger partial charge in [-0.1, -0.05) is 54.4 Å². The first kappa shape index (κ1) is 29.6. The minimum Gasteiger partial charge on any atom is -0.494 e. The highest BCUT2D eigenvalue weighted by atomic mass is 35.5. The van der Waals surface area contributed by atoms with Crippen LogP contribution in [0.2, 0.25) is 10.0 Å². The fraction of sp³-hybridized carbons (Fsp3) is 0.219. The first-order valence-corrected chi connectivity index (χ1v) is 14.6. The largest absolute Gasteiger partial charge is 0.494 e. The molecule has 0 aliphatic carbocycles. The number of para-hydroxylation sites is 1. The van der Waals surface area contributed by atoms with Crippen molar-refractivity contribution in [2.45, 2.75) is 26.8 Å². The van der Waals surface area contributed by atoms with Crippen LogP contribution in [-0.4, -0.2) is 46.7 Å². The third kappa shape index (κ3) is 5.75. The number of hydrogen-bond acceptors (Lipinski definition) is 5. The number of carbonyl (C=O) groups excluding carboxylic acids is 2. The summed E-state index contributed by atoms with van der Waals surface area (Å²) in [6.07, 6.45) is 4.62. The highest BCUT2D eigenvalue weighted by Crippen LogP contribution is 2.34. The van der Waals surface area contributed by atoms with Crippen molar-refractivity contribution in [3.05, 3.63) is 99.3 Å². The lowest BCUT2D eigenvalue weighted by atomic mass is 10.1. The number of benzene rings is 3. The summed E-state index contributed by atoms with van der Waals surface area (Å²) in [6.45, 7) is 4.88. The molecule has 7 nitrogen and oxygen atoms in total. The molecule has 1 aliphatic heterocycles. The number of methoxy groups -OCH3 is 1. The third-order valence-electron chi connectivity index (χ3n) is 7.08. The SMILES string of the molecule is CCOc1ccc(N2C(=O)/C(=C/c3cn(Cc4ccc(Cl)c(Cl)c4)c4c(CC)cccc34)N(CC(=O)OC)C2=S)cc1.